The molecule has 2 heterocycles. The smallest absolute Gasteiger partial charge is 0.216 e. The summed E-state index contributed by atoms with van der Waals surface area (Å²) >= 11 is 0. The fraction of sp³-hybridized carbons (Fsp3) is 0.231. The van der Waals surface area contributed by atoms with Crippen LogP contribution in [0.3, 0.4) is 0 Å². The summed E-state index contributed by atoms with van der Waals surface area (Å²) in [6.07, 6.45) is 1.80. The van der Waals surface area contributed by atoms with Gasteiger partial charge in [-0.3, -0.25) is 0 Å². The van der Waals surface area contributed by atoms with Gasteiger partial charge in [0.2, 0.25) is 11.8 Å². The van der Waals surface area contributed by atoms with Crippen molar-refractivity contribution in [3.8, 4) is 0 Å². The number of nitrogens with zero attached hydrogens (tertiary/aromatic N) is 2. The first-order chi connectivity index (χ1) is 14.8. The minimum Gasteiger partial charge on any atom is -0.475 e. The lowest BCUT2D eigenvalue weighted by Crippen LogP contribution is -2.09. The van der Waals surface area contributed by atoms with E-state index in [0.29, 0.717) is 13.2 Å². The Morgan fingerprint density at radius 2 is 0.967 bits per heavy atom. The predicted octanol–water partition coefficient (Wildman–Crippen LogP) is 4.46. The van der Waals surface area contributed by atoms with Crippen molar-refractivity contribution in [1.29, 1.82) is 0 Å². The van der Waals surface area contributed by atoms with E-state index in [4.69, 9.17) is 19.5 Å². The number of aliphatic imine (C=N–C) groups is 2. The highest BCUT2D eigenvalue weighted by molar-refractivity contribution is 5.98. The fourth-order valence-electron chi connectivity index (χ4n) is 3.88. The third-order valence-electron chi connectivity index (χ3n) is 5.43. The molecule has 5 rings (SSSR count). The monoisotopic (exact) mass is 396 g/mol. The molecule has 0 fully saturated rings. The first kappa shape index (κ1) is 18.6. The minimum atomic E-state index is 0.170. The van der Waals surface area contributed by atoms with Gasteiger partial charge in [-0.25, -0.2) is 9.98 Å². The molecule has 0 unspecified atom stereocenters. The molecule has 0 radical (unpaired) electrons. The second-order valence-electron chi connectivity index (χ2n) is 7.75. The quantitative estimate of drug-likeness (QED) is 0.617. The van der Waals surface area contributed by atoms with E-state index < -0.39 is 0 Å². The lowest BCUT2D eigenvalue weighted by molar-refractivity contribution is 0.316. The van der Waals surface area contributed by atoms with E-state index in [-0.39, 0.29) is 12.1 Å². The summed E-state index contributed by atoms with van der Waals surface area (Å²) in [7, 11) is 0. The number of rotatable bonds is 6. The Morgan fingerprint density at radius 1 is 0.567 bits per heavy atom. The van der Waals surface area contributed by atoms with Gasteiger partial charge in [0.05, 0.1) is 12.1 Å². The Labute approximate surface area is 176 Å². The van der Waals surface area contributed by atoms with Crippen LogP contribution in [0.5, 0.6) is 0 Å². The van der Waals surface area contributed by atoms with Gasteiger partial charge in [0.15, 0.2) is 0 Å². The average molecular weight is 396 g/mol. The normalized spacial score (nSPS) is 20.3. The number of benzene rings is 3. The third kappa shape index (κ3) is 4.28. The first-order valence-corrected chi connectivity index (χ1v) is 10.4. The van der Waals surface area contributed by atoms with E-state index in [1.54, 1.807) is 0 Å². The highest BCUT2D eigenvalue weighted by atomic mass is 16.5. The summed E-state index contributed by atoms with van der Waals surface area (Å²) in [5, 5.41) is 0. The van der Waals surface area contributed by atoms with E-state index in [0.717, 1.165) is 35.8 Å². The average Bonchev–Trinajstić information content (AvgIpc) is 3.45. The number of ether oxygens (including phenoxy) is 2. The summed E-state index contributed by atoms with van der Waals surface area (Å²) in [4.78, 5) is 9.55. The minimum absolute atomic E-state index is 0.170. The van der Waals surface area contributed by atoms with Crippen LogP contribution in [0, 0.1) is 0 Å². The standard InChI is InChI=1S/C26H24N2O2/c1-3-7-19(8-4-1)15-23-17-29-25(27-23)21-11-13-22(14-12-21)26-28-24(18-30-26)16-20-9-5-2-6-10-20/h1-14,23-24H,15-18H2/t23-,24-/m0/s1. The van der Waals surface area contributed by atoms with Crippen LogP contribution in [0.4, 0.5) is 0 Å². The summed E-state index contributed by atoms with van der Waals surface area (Å²) < 4.78 is 11.7. The van der Waals surface area contributed by atoms with Crippen molar-refractivity contribution in [1.82, 2.24) is 0 Å². The molecule has 0 saturated carbocycles. The molecule has 3 aromatic carbocycles. The molecule has 0 aliphatic carbocycles. The van der Waals surface area contributed by atoms with Crippen molar-refractivity contribution in [2.75, 3.05) is 13.2 Å². The molecule has 2 aliphatic heterocycles. The molecule has 0 bridgehead atoms. The van der Waals surface area contributed by atoms with Crippen molar-refractivity contribution in [3.05, 3.63) is 107 Å². The molecule has 0 saturated heterocycles. The Balaban J connectivity index is 1.24. The highest BCUT2D eigenvalue weighted by Gasteiger charge is 2.22. The molecular weight excluding hydrogens is 372 g/mol. The molecule has 2 atom stereocenters. The Morgan fingerprint density at radius 3 is 1.37 bits per heavy atom. The largest absolute Gasteiger partial charge is 0.475 e. The van der Waals surface area contributed by atoms with Crippen LogP contribution in [-0.4, -0.2) is 37.1 Å². The second-order valence-corrected chi connectivity index (χ2v) is 7.75. The van der Waals surface area contributed by atoms with E-state index in [2.05, 4.69) is 48.5 Å². The lowest BCUT2D eigenvalue weighted by atomic mass is 10.1. The van der Waals surface area contributed by atoms with Gasteiger partial charge in [-0.15, -0.1) is 0 Å². The van der Waals surface area contributed by atoms with Gasteiger partial charge in [-0.1, -0.05) is 60.7 Å². The Bertz CT molecular complexity index is 957. The van der Waals surface area contributed by atoms with Crippen molar-refractivity contribution >= 4 is 11.8 Å². The zero-order valence-electron chi connectivity index (χ0n) is 16.8. The maximum absolute atomic E-state index is 5.86. The van der Waals surface area contributed by atoms with Crippen molar-refractivity contribution in [2.45, 2.75) is 24.9 Å². The summed E-state index contributed by atoms with van der Waals surface area (Å²) in [6.45, 7) is 1.26. The Kier molecular flexibility index (Phi) is 5.30. The van der Waals surface area contributed by atoms with Crippen LogP contribution in [-0.2, 0) is 22.3 Å². The molecular formula is C26H24N2O2. The van der Waals surface area contributed by atoms with Crippen molar-refractivity contribution in [2.24, 2.45) is 9.98 Å². The first-order valence-electron chi connectivity index (χ1n) is 10.4. The predicted molar refractivity (Wildman–Crippen MR) is 119 cm³/mol. The van der Waals surface area contributed by atoms with Gasteiger partial charge < -0.3 is 9.47 Å². The van der Waals surface area contributed by atoms with Crippen molar-refractivity contribution < 1.29 is 9.47 Å². The van der Waals surface area contributed by atoms with Gasteiger partial charge in [-0.05, 0) is 48.2 Å². The van der Waals surface area contributed by atoms with Gasteiger partial charge >= 0.3 is 0 Å². The molecule has 150 valence electrons. The molecule has 3 aromatic rings. The molecule has 0 amide bonds. The third-order valence-corrected chi connectivity index (χ3v) is 5.43. The summed E-state index contributed by atoms with van der Waals surface area (Å²) in [5.41, 5.74) is 4.56. The van der Waals surface area contributed by atoms with Crippen LogP contribution in [0.1, 0.15) is 22.3 Å². The summed E-state index contributed by atoms with van der Waals surface area (Å²) in [5.74, 6) is 1.44. The van der Waals surface area contributed by atoms with Gasteiger partial charge in [0.1, 0.15) is 13.2 Å². The van der Waals surface area contributed by atoms with Crippen molar-refractivity contribution in [3.63, 3.8) is 0 Å². The SMILES string of the molecule is c1ccc(C[C@H]2COC(c3ccc(C4=N[C@@H](Cc5ccccc5)CO4)cc3)=N2)cc1. The highest BCUT2D eigenvalue weighted by Crippen LogP contribution is 2.19. The maximum atomic E-state index is 5.86. The second kappa shape index (κ2) is 8.54. The van der Waals surface area contributed by atoms with E-state index in [1.165, 1.54) is 11.1 Å². The zero-order chi connectivity index (χ0) is 20.2. The van der Waals surface area contributed by atoms with E-state index in [1.807, 2.05) is 36.4 Å². The molecule has 30 heavy (non-hydrogen) atoms. The molecule has 4 nitrogen and oxygen atoms in total. The molecule has 4 heteroatoms. The maximum Gasteiger partial charge on any atom is 0.216 e. The number of hydrogen-bond donors (Lipinski definition) is 0. The fourth-order valence-corrected chi connectivity index (χ4v) is 3.88. The van der Waals surface area contributed by atoms with Crippen LogP contribution < -0.4 is 0 Å². The zero-order valence-corrected chi connectivity index (χ0v) is 16.8. The van der Waals surface area contributed by atoms with Gasteiger partial charge in [-0.2, -0.15) is 0 Å². The van der Waals surface area contributed by atoms with Gasteiger partial charge in [0.25, 0.3) is 0 Å². The molecule has 0 N–H and O–H groups in total. The van der Waals surface area contributed by atoms with E-state index >= 15 is 0 Å². The number of hydrogen-bond acceptors (Lipinski definition) is 4. The van der Waals surface area contributed by atoms with Gasteiger partial charge in [0, 0.05) is 11.1 Å². The van der Waals surface area contributed by atoms with Crippen LogP contribution in [0.15, 0.2) is 94.9 Å². The topological polar surface area (TPSA) is 43.2 Å². The molecule has 2 aliphatic rings. The molecule has 0 aromatic heterocycles. The van der Waals surface area contributed by atoms with Crippen LogP contribution in [0.2, 0.25) is 0 Å². The molecule has 0 spiro atoms. The van der Waals surface area contributed by atoms with E-state index in [9.17, 15) is 0 Å². The Hall–Kier alpha value is -3.40. The summed E-state index contributed by atoms with van der Waals surface area (Å²) in [6, 6.07) is 29.3. The van der Waals surface area contributed by atoms with Crippen LogP contribution in [0.25, 0.3) is 0 Å². The van der Waals surface area contributed by atoms with Crippen LogP contribution >= 0.6 is 0 Å². The lowest BCUT2D eigenvalue weighted by Gasteiger charge is -2.04.